The highest BCUT2D eigenvalue weighted by Crippen LogP contribution is 2.22. The summed E-state index contributed by atoms with van der Waals surface area (Å²) >= 11 is 0. The van der Waals surface area contributed by atoms with Gasteiger partial charge in [0.05, 0.1) is 0 Å². The van der Waals surface area contributed by atoms with Gasteiger partial charge in [0.15, 0.2) is 0 Å². The molecule has 0 aliphatic carbocycles. The molecule has 0 bridgehead atoms. The predicted octanol–water partition coefficient (Wildman–Crippen LogP) is 4.41. The van der Waals surface area contributed by atoms with Crippen LogP contribution in [0.4, 0.5) is 11.4 Å². The van der Waals surface area contributed by atoms with Crippen molar-refractivity contribution in [3.05, 3.63) is 60.3 Å². The van der Waals surface area contributed by atoms with Crippen molar-refractivity contribution in [3.63, 3.8) is 0 Å². The number of H-pyrrole nitrogens is 1. The first kappa shape index (κ1) is 14.8. The van der Waals surface area contributed by atoms with Gasteiger partial charge in [0.2, 0.25) is 0 Å². The molecule has 24 heavy (non-hydrogen) atoms. The van der Waals surface area contributed by atoms with E-state index < -0.39 is 0 Å². The third-order valence-electron chi connectivity index (χ3n) is 4.66. The lowest BCUT2D eigenvalue weighted by atomic mass is 10.1. The molecule has 1 aromatic heterocycles. The number of carbonyl (C=O) groups is 1. The Kier molecular flexibility index (Phi) is 3.95. The van der Waals surface area contributed by atoms with E-state index in [1.54, 1.807) is 0 Å². The van der Waals surface area contributed by atoms with Crippen LogP contribution >= 0.6 is 0 Å². The number of fused-ring (bicyclic) bond motifs is 1. The van der Waals surface area contributed by atoms with Crippen molar-refractivity contribution in [2.24, 2.45) is 0 Å². The van der Waals surface area contributed by atoms with Crippen LogP contribution in [-0.4, -0.2) is 24.0 Å². The summed E-state index contributed by atoms with van der Waals surface area (Å²) in [6.07, 6.45) is 5.74. The van der Waals surface area contributed by atoms with E-state index in [9.17, 15) is 4.79 Å². The standard InChI is InChI=1S/C20H21N3O/c24-20(16-4-9-19-15(14-16)10-11-21-19)22-17-5-7-18(8-6-17)23-12-2-1-3-13-23/h4-11,14,21H,1-3,12-13H2,(H,22,24). The maximum absolute atomic E-state index is 12.4. The number of carbonyl (C=O) groups excluding carboxylic acids is 1. The van der Waals surface area contributed by atoms with Crippen molar-refractivity contribution in [1.29, 1.82) is 0 Å². The highest BCUT2D eigenvalue weighted by atomic mass is 16.1. The van der Waals surface area contributed by atoms with Gasteiger partial charge < -0.3 is 15.2 Å². The van der Waals surface area contributed by atoms with E-state index in [4.69, 9.17) is 0 Å². The van der Waals surface area contributed by atoms with Crippen molar-refractivity contribution in [3.8, 4) is 0 Å². The lowest BCUT2D eigenvalue weighted by Gasteiger charge is -2.28. The minimum atomic E-state index is -0.0798. The third-order valence-corrected chi connectivity index (χ3v) is 4.66. The molecule has 2 N–H and O–H groups in total. The number of anilines is 2. The normalized spacial score (nSPS) is 14.8. The van der Waals surface area contributed by atoms with Crippen LogP contribution in [0.3, 0.4) is 0 Å². The zero-order valence-corrected chi connectivity index (χ0v) is 13.6. The zero-order valence-electron chi connectivity index (χ0n) is 13.6. The molecule has 1 aliphatic heterocycles. The molecule has 4 heteroatoms. The Hall–Kier alpha value is -2.75. The van der Waals surface area contributed by atoms with Crippen LogP contribution in [0.1, 0.15) is 29.6 Å². The number of benzene rings is 2. The molecule has 1 aliphatic rings. The van der Waals surface area contributed by atoms with Gasteiger partial charge in [-0.05, 0) is 67.8 Å². The Morgan fingerprint density at radius 2 is 1.75 bits per heavy atom. The summed E-state index contributed by atoms with van der Waals surface area (Å²) in [5.41, 5.74) is 3.77. The Morgan fingerprint density at radius 3 is 2.54 bits per heavy atom. The van der Waals surface area contributed by atoms with Crippen LogP contribution in [0, 0.1) is 0 Å². The molecule has 0 atom stereocenters. The van der Waals surface area contributed by atoms with Crippen LogP contribution in [0.15, 0.2) is 54.7 Å². The van der Waals surface area contributed by atoms with Crippen LogP contribution in [0.25, 0.3) is 10.9 Å². The topological polar surface area (TPSA) is 48.1 Å². The second kappa shape index (κ2) is 6.40. The van der Waals surface area contributed by atoms with Gasteiger partial charge in [0.1, 0.15) is 0 Å². The SMILES string of the molecule is O=C(Nc1ccc(N2CCCCC2)cc1)c1ccc2[nH]ccc2c1. The number of nitrogens with zero attached hydrogens (tertiary/aromatic N) is 1. The number of piperidine rings is 1. The number of rotatable bonds is 3. The number of amides is 1. The number of hydrogen-bond acceptors (Lipinski definition) is 2. The van der Waals surface area contributed by atoms with Gasteiger partial charge in [-0.15, -0.1) is 0 Å². The number of aromatic nitrogens is 1. The summed E-state index contributed by atoms with van der Waals surface area (Å²) in [6, 6.07) is 15.8. The highest BCUT2D eigenvalue weighted by Gasteiger charge is 2.11. The van der Waals surface area contributed by atoms with Crippen molar-refractivity contribution in [2.45, 2.75) is 19.3 Å². The molecule has 2 aromatic carbocycles. The fourth-order valence-electron chi connectivity index (χ4n) is 3.31. The average Bonchev–Trinajstić information content (AvgIpc) is 3.11. The highest BCUT2D eigenvalue weighted by molar-refractivity contribution is 6.06. The van der Waals surface area contributed by atoms with Crippen molar-refractivity contribution in [2.75, 3.05) is 23.3 Å². The molecule has 0 saturated carbocycles. The van der Waals surface area contributed by atoms with Crippen LogP contribution in [-0.2, 0) is 0 Å². The molecule has 3 aromatic rings. The minimum Gasteiger partial charge on any atom is -0.372 e. The molecule has 1 fully saturated rings. The summed E-state index contributed by atoms with van der Waals surface area (Å²) in [7, 11) is 0. The number of aromatic amines is 1. The van der Waals surface area contributed by atoms with Crippen LogP contribution < -0.4 is 10.2 Å². The predicted molar refractivity (Wildman–Crippen MR) is 98.8 cm³/mol. The zero-order chi connectivity index (χ0) is 16.4. The molecule has 122 valence electrons. The molecule has 0 spiro atoms. The molecule has 4 rings (SSSR count). The summed E-state index contributed by atoms with van der Waals surface area (Å²) in [5, 5.41) is 4.02. The Labute approximate surface area is 141 Å². The van der Waals surface area contributed by atoms with E-state index >= 15 is 0 Å². The van der Waals surface area contributed by atoms with Gasteiger partial charge in [-0.3, -0.25) is 4.79 Å². The van der Waals surface area contributed by atoms with E-state index in [1.165, 1.54) is 24.9 Å². The van der Waals surface area contributed by atoms with Crippen LogP contribution in [0.5, 0.6) is 0 Å². The van der Waals surface area contributed by atoms with Gasteiger partial charge in [0.25, 0.3) is 5.91 Å². The monoisotopic (exact) mass is 319 g/mol. The molecular weight excluding hydrogens is 298 g/mol. The minimum absolute atomic E-state index is 0.0798. The quantitative estimate of drug-likeness (QED) is 0.751. The molecular formula is C20H21N3O. The largest absolute Gasteiger partial charge is 0.372 e. The van der Waals surface area contributed by atoms with Crippen LogP contribution in [0.2, 0.25) is 0 Å². The van der Waals surface area contributed by atoms with Gasteiger partial charge in [-0.1, -0.05) is 0 Å². The first-order chi connectivity index (χ1) is 11.8. The van der Waals surface area contributed by atoms with Gasteiger partial charge in [-0.2, -0.15) is 0 Å². The Morgan fingerprint density at radius 1 is 0.958 bits per heavy atom. The second-order valence-electron chi connectivity index (χ2n) is 6.33. The van der Waals surface area contributed by atoms with Crippen molar-refractivity contribution < 1.29 is 4.79 Å². The maximum atomic E-state index is 12.4. The molecule has 0 unspecified atom stereocenters. The van der Waals surface area contributed by atoms with Crippen molar-refractivity contribution in [1.82, 2.24) is 4.98 Å². The lowest BCUT2D eigenvalue weighted by molar-refractivity contribution is 0.102. The maximum Gasteiger partial charge on any atom is 0.255 e. The first-order valence-corrected chi connectivity index (χ1v) is 8.53. The first-order valence-electron chi connectivity index (χ1n) is 8.53. The Balaban J connectivity index is 1.46. The average molecular weight is 319 g/mol. The number of nitrogens with one attached hydrogen (secondary N) is 2. The lowest BCUT2D eigenvalue weighted by Crippen LogP contribution is -2.29. The van der Waals surface area contributed by atoms with E-state index in [0.717, 1.165) is 29.7 Å². The summed E-state index contributed by atoms with van der Waals surface area (Å²) < 4.78 is 0. The molecule has 1 amide bonds. The fourth-order valence-corrected chi connectivity index (χ4v) is 3.31. The smallest absolute Gasteiger partial charge is 0.255 e. The van der Waals surface area contributed by atoms with Gasteiger partial charge >= 0.3 is 0 Å². The fraction of sp³-hybridized carbons (Fsp3) is 0.250. The van der Waals surface area contributed by atoms with E-state index in [0.29, 0.717) is 5.56 Å². The van der Waals surface area contributed by atoms with E-state index in [-0.39, 0.29) is 5.91 Å². The second-order valence-corrected chi connectivity index (χ2v) is 6.33. The van der Waals surface area contributed by atoms with Gasteiger partial charge in [0, 0.05) is 47.1 Å². The van der Waals surface area contributed by atoms with E-state index in [1.807, 2.05) is 42.6 Å². The molecule has 4 nitrogen and oxygen atoms in total. The van der Waals surface area contributed by atoms with Gasteiger partial charge in [-0.25, -0.2) is 0 Å². The summed E-state index contributed by atoms with van der Waals surface area (Å²) in [5.74, 6) is -0.0798. The third kappa shape index (κ3) is 3.00. The summed E-state index contributed by atoms with van der Waals surface area (Å²) in [6.45, 7) is 2.25. The van der Waals surface area contributed by atoms with Crippen molar-refractivity contribution >= 4 is 28.2 Å². The molecule has 0 radical (unpaired) electrons. The molecule has 2 heterocycles. The summed E-state index contributed by atoms with van der Waals surface area (Å²) in [4.78, 5) is 18.0. The van der Waals surface area contributed by atoms with E-state index in [2.05, 4.69) is 27.3 Å². The molecule has 1 saturated heterocycles. The number of hydrogen-bond donors (Lipinski definition) is 2. The Bertz CT molecular complexity index is 845.